The first-order chi connectivity index (χ1) is 14.0. The van der Waals surface area contributed by atoms with Gasteiger partial charge >= 0.3 is 0 Å². The predicted octanol–water partition coefficient (Wildman–Crippen LogP) is 4.26. The molecule has 0 bridgehead atoms. The Labute approximate surface area is 178 Å². The zero-order valence-corrected chi connectivity index (χ0v) is 17.8. The average Bonchev–Trinajstić information content (AvgIpc) is 3.11. The number of hydrogen-bond acceptors (Lipinski definition) is 6. The highest BCUT2D eigenvalue weighted by molar-refractivity contribution is 7.99. The Balaban J connectivity index is 1.51. The van der Waals surface area contributed by atoms with Crippen molar-refractivity contribution in [1.29, 1.82) is 0 Å². The van der Waals surface area contributed by atoms with E-state index >= 15 is 0 Å². The Morgan fingerprint density at radius 2 is 1.86 bits per heavy atom. The fourth-order valence-corrected chi connectivity index (χ4v) is 3.59. The van der Waals surface area contributed by atoms with Gasteiger partial charge < -0.3 is 14.4 Å². The molecule has 1 N–H and O–H groups in total. The summed E-state index contributed by atoms with van der Waals surface area (Å²) in [6.45, 7) is 1.98. The number of ketones is 1. The highest BCUT2D eigenvalue weighted by atomic mass is 35.5. The topological polar surface area (TPSA) is 77.2 Å². The number of hydrogen-bond donors (Lipinski definition) is 1. The maximum atomic E-state index is 11.6. The molecule has 0 saturated heterocycles. The molecule has 152 valence electrons. The number of aliphatic hydroxyl groups is 1. The molecule has 1 aromatic heterocycles. The van der Waals surface area contributed by atoms with Gasteiger partial charge in [0.25, 0.3) is 0 Å². The van der Waals surface area contributed by atoms with Crippen LogP contribution in [0, 0.1) is 0 Å². The first-order valence-electron chi connectivity index (χ1n) is 9.20. The number of carbonyl (C=O) groups excluding carboxylic acids is 1. The minimum Gasteiger partial charge on any atom is -0.491 e. The lowest BCUT2D eigenvalue weighted by Crippen LogP contribution is -2.20. The summed E-state index contributed by atoms with van der Waals surface area (Å²) in [5, 5.41) is 20.0. The summed E-state index contributed by atoms with van der Waals surface area (Å²) >= 11 is 7.34. The number of carbonyl (C=O) groups is 1. The maximum Gasteiger partial charge on any atom is 0.191 e. The molecular formula is C21H22ClN3O3S. The van der Waals surface area contributed by atoms with E-state index in [1.807, 2.05) is 42.8 Å². The zero-order valence-electron chi connectivity index (χ0n) is 16.2. The predicted molar refractivity (Wildman–Crippen MR) is 115 cm³/mol. The summed E-state index contributed by atoms with van der Waals surface area (Å²) in [5.41, 5.74) is 1.58. The molecule has 0 aliphatic heterocycles. The highest BCUT2D eigenvalue weighted by Gasteiger charge is 2.14. The molecule has 1 heterocycles. The van der Waals surface area contributed by atoms with Crippen LogP contribution < -0.4 is 4.74 Å². The molecule has 0 aliphatic rings. The highest BCUT2D eigenvalue weighted by Crippen LogP contribution is 2.24. The van der Waals surface area contributed by atoms with Crippen molar-refractivity contribution in [2.75, 3.05) is 12.4 Å². The van der Waals surface area contributed by atoms with E-state index in [9.17, 15) is 9.90 Å². The first-order valence-corrected chi connectivity index (χ1v) is 10.6. The third-order valence-corrected chi connectivity index (χ3v) is 5.70. The van der Waals surface area contributed by atoms with Gasteiger partial charge in [0.1, 0.15) is 12.4 Å². The maximum absolute atomic E-state index is 11.6. The summed E-state index contributed by atoms with van der Waals surface area (Å²) < 4.78 is 7.49. The Morgan fingerprint density at radius 3 is 2.52 bits per heavy atom. The Morgan fingerprint density at radius 1 is 1.17 bits per heavy atom. The number of aromatic nitrogens is 3. The van der Waals surface area contributed by atoms with Crippen LogP contribution in [0.3, 0.4) is 0 Å². The second-order valence-electron chi connectivity index (χ2n) is 6.45. The molecule has 0 radical (unpaired) electrons. The zero-order chi connectivity index (χ0) is 20.8. The molecule has 8 heteroatoms. The number of thioether (sulfide) groups is 1. The molecule has 0 spiro atoms. The van der Waals surface area contributed by atoms with Gasteiger partial charge in [-0.2, -0.15) is 0 Å². The van der Waals surface area contributed by atoms with E-state index in [1.54, 1.807) is 24.3 Å². The quantitative estimate of drug-likeness (QED) is 0.403. The molecule has 29 heavy (non-hydrogen) atoms. The van der Waals surface area contributed by atoms with Crippen molar-refractivity contribution in [2.45, 2.75) is 24.6 Å². The fraction of sp³-hybridized carbons (Fsp3) is 0.286. The van der Waals surface area contributed by atoms with Crippen LogP contribution in [-0.4, -0.2) is 44.1 Å². The van der Waals surface area contributed by atoms with E-state index in [2.05, 4.69) is 10.2 Å². The number of benzene rings is 2. The molecule has 0 aliphatic carbocycles. The third kappa shape index (κ3) is 5.59. The Hall–Kier alpha value is -2.35. The molecule has 0 unspecified atom stereocenters. The molecule has 3 rings (SSSR count). The van der Waals surface area contributed by atoms with Crippen LogP contribution in [0.15, 0.2) is 53.7 Å². The third-order valence-electron chi connectivity index (χ3n) is 4.28. The van der Waals surface area contributed by atoms with Gasteiger partial charge in [0.2, 0.25) is 0 Å². The lowest BCUT2D eigenvalue weighted by atomic mass is 10.1. The summed E-state index contributed by atoms with van der Waals surface area (Å²) in [5.74, 6) is 1.86. The van der Waals surface area contributed by atoms with E-state index in [4.69, 9.17) is 16.3 Å². The molecule has 2 aromatic carbocycles. The summed E-state index contributed by atoms with van der Waals surface area (Å²) in [6.07, 6.45) is -0.203. The average molecular weight is 432 g/mol. The van der Waals surface area contributed by atoms with Crippen molar-refractivity contribution in [2.24, 2.45) is 7.05 Å². The number of halogens is 1. The van der Waals surface area contributed by atoms with Gasteiger partial charge in [0.05, 0.1) is 6.10 Å². The van der Waals surface area contributed by atoms with Gasteiger partial charge in [-0.05, 0) is 48.5 Å². The van der Waals surface area contributed by atoms with E-state index in [1.165, 1.54) is 11.8 Å². The van der Waals surface area contributed by atoms with Gasteiger partial charge in [-0.15, -0.1) is 10.2 Å². The number of rotatable bonds is 9. The summed E-state index contributed by atoms with van der Waals surface area (Å²) in [7, 11) is 1.88. The smallest absolute Gasteiger partial charge is 0.191 e. The van der Waals surface area contributed by atoms with Gasteiger partial charge in [-0.1, -0.05) is 30.3 Å². The number of nitrogens with zero attached hydrogens (tertiary/aromatic N) is 3. The van der Waals surface area contributed by atoms with E-state index in [0.29, 0.717) is 33.7 Å². The lowest BCUT2D eigenvalue weighted by Gasteiger charge is -2.12. The fourth-order valence-electron chi connectivity index (χ4n) is 2.64. The van der Waals surface area contributed by atoms with Gasteiger partial charge in [0.15, 0.2) is 16.8 Å². The molecule has 0 saturated carbocycles. The minimum absolute atomic E-state index is 0.0923. The second kappa shape index (κ2) is 9.91. The van der Waals surface area contributed by atoms with Gasteiger partial charge in [-0.3, -0.25) is 4.79 Å². The molecule has 3 aromatic rings. The normalized spacial score (nSPS) is 12.0. The van der Waals surface area contributed by atoms with E-state index in [0.717, 1.165) is 11.4 Å². The monoisotopic (exact) mass is 431 g/mol. The first kappa shape index (κ1) is 21.4. The Bertz CT molecular complexity index is 958. The van der Waals surface area contributed by atoms with Crippen LogP contribution in [0.1, 0.15) is 23.7 Å². The van der Waals surface area contributed by atoms with Crippen LogP contribution >= 0.6 is 23.4 Å². The van der Waals surface area contributed by atoms with Crippen molar-refractivity contribution in [3.8, 4) is 17.1 Å². The summed E-state index contributed by atoms with van der Waals surface area (Å²) in [4.78, 5) is 11.6. The van der Waals surface area contributed by atoms with Crippen LogP contribution in [-0.2, 0) is 7.05 Å². The molecule has 1 atom stereocenters. The molecular weight excluding hydrogens is 410 g/mol. The standard InChI is InChI=1S/C21H22ClN3O3S/c1-3-19(27)14-6-10-18(11-7-14)28-12-17(26)13-29-21-24-23-20(25(21)2)15-4-8-16(22)9-5-15/h4-11,17,26H,3,12-13H2,1-2H3/t17-/m0/s1. The molecule has 0 fully saturated rings. The van der Waals surface area contributed by atoms with Crippen LogP contribution in [0.5, 0.6) is 5.75 Å². The van der Waals surface area contributed by atoms with Crippen LogP contribution in [0.2, 0.25) is 5.02 Å². The van der Waals surface area contributed by atoms with Crippen molar-refractivity contribution >= 4 is 29.1 Å². The van der Waals surface area contributed by atoms with Gasteiger partial charge in [0, 0.05) is 35.4 Å². The van der Waals surface area contributed by atoms with Crippen molar-refractivity contribution in [3.63, 3.8) is 0 Å². The SMILES string of the molecule is CCC(=O)c1ccc(OC[C@H](O)CSc2nnc(-c3ccc(Cl)cc3)n2C)cc1. The van der Waals surface area contributed by atoms with Crippen molar-refractivity contribution in [3.05, 3.63) is 59.1 Å². The number of aliphatic hydroxyl groups excluding tert-OH is 1. The molecule has 6 nitrogen and oxygen atoms in total. The summed E-state index contributed by atoms with van der Waals surface area (Å²) in [6, 6.07) is 14.4. The minimum atomic E-state index is -0.673. The van der Waals surface area contributed by atoms with Crippen LogP contribution in [0.4, 0.5) is 0 Å². The Kier molecular flexibility index (Phi) is 7.30. The molecule has 0 amide bonds. The van der Waals surface area contributed by atoms with E-state index in [-0.39, 0.29) is 12.4 Å². The van der Waals surface area contributed by atoms with Crippen molar-refractivity contribution < 1.29 is 14.6 Å². The number of Topliss-reactive ketones (excluding diaryl/α,β-unsaturated/α-hetero) is 1. The number of ether oxygens (including phenoxy) is 1. The van der Waals surface area contributed by atoms with Crippen LogP contribution in [0.25, 0.3) is 11.4 Å². The second-order valence-corrected chi connectivity index (χ2v) is 7.87. The van der Waals surface area contributed by atoms with E-state index < -0.39 is 6.10 Å². The van der Waals surface area contributed by atoms with Crippen molar-refractivity contribution in [1.82, 2.24) is 14.8 Å². The largest absolute Gasteiger partial charge is 0.491 e. The lowest BCUT2D eigenvalue weighted by molar-refractivity contribution is 0.0987. The van der Waals surface area contributed by atoms with Gasteiger partial charge in [-0.25, -0.2) is 0 Å².